The Bertz CT molecular complexity index is 339. The fourth-order valence-electron chi connectivity index (χ4n) is 1.66. The lowest BCUT2D eigenvalue weighted by atomic mass is 10.1. The second-order valence-electron chi connectivity index (χ2n) is 2.90. The summed E-state index contributed by atoms with van der Waals surface area (Å²) in [6.45, 7) is 0. The minimum absolute atomic E-state index is 0.0482. The summed E-state index contributed by atoms with van der Waals surface area (Å²) in [5, 5.41) is 0. The molecule has 0 heterocycles. The fourth-order valence-corrected chi connectivity index (χ4v) is 1.66. The van der Waals surface area contributed by atoms with Crippen LogP contribution in [0.25, 0.3) is 0 Å². The van der Waals surface area contributed by atoms with Crippen LogP contribution in [0.2, 0.25) is 0 Å². The third-order valence-corrected chi connectivity index (χ3v) is 2.24. The molecule has 0 aromatic heterocycles. The van der Waals surface area contributed by atoms with Crippen LogP contribution < -0.4 is 0 Å². The number of aliphatic imine (C=N–C) groups is 1. The van der Waals surface area contributed by atoms with Gasteiger partial charge in [-0.05, 0) is 30.0 Å². The van der Waals surface area contributed by atoms with E-state index in [1.54, 1.807) is 6.08 Å². The second-order valence-corrected chi connectivity index (χ2v) is 2.90. The molecule has 0 saturated heterocycles. The van der Waals surface area contributed by atoms with E-state index < -0.39 is 0 Å². The van der Waals surface area contributed by atoms with Crippen LogP contribution >= 0.6 is 0 Å². The Morgan fingerprint density at radius 1 is 1.67 bits per heavy atom. The Hall–Kier alpha value is -1.40. The number of rotatable bonds is 1. The number of isocyanates is 1. The van der Waals surface area contributed by atoms with Gasteiger partial charge in [0.2, 0.25) is 6.08 Å². The molecule has 1 aromatic carbocycles. The minimum Gasteiger partial charge on any atom is -0.211 e. The standard InChI is InChI=1S/C10H8NO/c12-7-11-10-6-5-8-3-1-2-4-9(8)10/h2-4,10H,5-6H2. The first kappa shape index (κ1) is 7.26. The lowest BCUT2D eigenvalue weighted by Gasteiger charge is -2.00. The Morgan fingerprint density at radius 3 is 3.42 bits per heavy atom. The van der Waals surface area contributed by atoms with Crippen molar-refractivity contribution in [3.05, 3.63) is 35.4 Å². The Morgan fingerprint density at radius 2 is 2.58 bits per heavy atom. The maximum absolute atomic E-state index is 10.1. The highest BCUT2D eigenvalue weighted by molar-refractivity contribution is 5.39. The molecular formula is C10H8NO. The van der Waals surface area contributed by atoms with Gasteiger partial charge in [-0.2, -0.15) is 4.99 Å². The van der Waals surface area contributed by atoms with Gasteiger partial charge in [0.15, 0.2) is 0 Å². The van der Waals surface area contributed by atoms with E-state index in [0.29, 0.717) is 0 Å². The van der Waals surface area contributed by atoms with Gasteiger partial charge in [0, 0.05) is 0 Å². The van der Waals surface area contributed by atoms with Gasteiger partial charge in [0.05, 0.1) is 6.04 Å². The molecule has 0 saturated carbocycles. The fraction of sp³-hybridized carbons (Fsp3) is 0.300. The van der Waals surface area contributed by atoms with Crippen molar-refractivity contribution in [3.63, 3.8) is 0 Å². The van der Waals surface area contributed by atoms with E-state index in [9.17, 15) is 4.79 Å². The van der Waals surface area contributed by atoms with E-state index in [1.807, 2.05) is 18.2 Å². The largest absolute Gasteiger partial charge is 0.235 e. The molecule has 2 rings (SSSR count). The third-order valence-electron chi connectivity index (χ3n) is 2.24. The first-order chi connectivity index (χ1) is 5.92. The van der Waals surface area contributed by atoms with E-state index in [-0.39, 0.29) is 6.04 Å². The molecule has 1 radical (unpaired) electrons. The van der Waals surface area contributed by atoms with Gasteiger partial charge >= 0.3 is 0 Å². The predicted molar refractivity (Wildman–Crippen MR) is 44.5 cm³/mol. The zero-order valence-electron chi connectivity index (χ0n) is 6.58. The van der Waals surface area contributed by atoms with Crippen LogP contribution in [0.5, 0.6) is 0 Å². The maximum atomic E-state index is 10.1. The quantitative estimate of drug-likeness (QED) is 0.452. The van der Waals surface area contributed by atoms with Crippen LogP contribution in [0, 0.1) is 6.07 Å². The molecule has 0 aliphatic heterocycles. The van der Waals surface area contributed by atoms with E-state index in [1.165, 1.54) is 5.56 Å². The van der Waals surface area contributed by atoms with Crippen LogP contribution in [0.15, 0.2) is 23.2 Å². The molecule has 0 spiro atoms. The van der Waals surface area contributed by atoms with Gasteiger partial charge in [0.25, 0.3) is 0 Å². The van der Waals surface area contributed by atoms with E-state index in [4.69, 9.17) is 0 Å². The van der Waals surface area contributed by atoms with Crippen LogP contribution in [-0.2, 0) is 11.2 Å². The molecule has 0 amide bonds. The molecular weight excluding hydrogens is 150 g/mol. The number of carbonyl (C=O) groups excluding carboxylic acids is 1. The molecule has 59 valence electrons. The van der Waals surface area contributed by atoms with Gasteiger partial charge < -0.3 is 0 Å². The highest BCUT2D eigenvalue weighted by Gasteiger charge is 2.20. The van der Waals surface area contributed by atoms with E-state index >= 15 is 0 Å². The van der Waals surface area contributed by atoms with Crippen LogP contribution in [-0.4, -0.2) is 6.08 Å². The average molecular weight is 158 g/mol. The third kappa shape index (κ3) is 1.06. The smallest absolute Gasteiger partial charge is 0.211 e. The topological polar surface area (TPSA) is 29.4 Å². The summed E-state index contributed by atoms with van der Waals surface area (Å²) in [6.07, 6.45) is 3.55. The van der Waals surface area contributed by atoms with Crippen molar-refractivity contribution in [2.24, 2.45) is 4.99 Å². The number of hydrogen-bond donors (Lipinski definition) is 0. The van der Waals surface area contributed by atoms with Crippen molar-refractivity contribution < 1.29 is 4.79 Å². The number of fused-ring (bicyclic) bond motifs is 1. The molecule has 1 atom stereocenters. The first-order valence-corrected chi connectivity index (χ1v) is 3.97. The summed E-state index contributed by atoms with van der Waals surface area (Å²) < 4.78 is 0. The van der Waals surface area contributed by atoms with E-state index in [2.05, 4.69) is 11.1 Å². The van der Waals surface area contributed by atoms with Crippen LogP contribution in [0.3, 0.4) is 0 Å². The van der Waals surface area contributed by atoms with Crippen LogP contribution in [0.4, 0.5) is 0 Å². The van der Waals surface area contributed by atoms with E-state index in [0.717, 1.165) is 18.4 Å². The van der Waals surface area contributed by atoms with Crippen LogP contribution in [0.1, 0.15) is 23.6 Å². The molecule has 12 heavy (non-hydrogen) atoms. The second kappa shape index (κ2) is 2.92. The summed E-state index contributed by atoms with van der Waals surface area (Å²) in [6, 6.07) is 8.87. The molecule has 0 N–H and O–H groups in total. The van der Waals surface area contributed by atoms with Gasteiger partial charge in [-0.1, -0.05) is 18.2 Å². The molecule has 1 aliphatic rings. The van der Waals surface area contributed by atoms with Crippen molar-refractivity contribution in [1.82, 2.24) is 0 Å². The summed E-state index contributed by atoms with van der Waals surface area (Å²) >= 11 is 0. The SMILES string of the molecule is O=C=NC1CCc2c[c]ccc21. The first-order valence-electron chi connectivity index (χ1n) is 3.97. The molecule has 1 aliphatic carbocycles. The van der Waals surface area contributed by atoms with Crippen molar-refractivity contribution in [2.45, 2.75) is 18.9 Å². The molecule has 2 nitrogen and oxygen atoms in total. The molecule has 1 unspecified atom stereocenters. The Labute approximate surface area is 70.9 Å². The van der Waals surface area contributed by atoms with Crippen molar-refractivity contribution in [3.8, 4) is 0 Å². The Balaban J connectivity index is 2.42. The normalized spacial score (nSPS) is 19.8. The average Bonchev–Trinajstić information content (AvgIpc) is 2.50. The monoisotopic (exact) mass is 158 g/mol. The van der Waals surface area contributed by atoms with Crippen molar-refractivity contribution in [2.75, 3.05) is 0 Å². The molecule has 0 fully saturated rings. The lowest BCUT2D eigenvalue weighted by Crippen LogP contribution is -1.87. The molecule has 0 bridgehead atoms. The number of aryl methyl sites for hydroxylation is 1. The summed E-state index contributed by atoms with van der Waals surface area (Å²) in [5.74, 6) is 0. The highest BCUT2D eigenvalue weighted by atomic mass is 16.1. The Kier molecular flexibility index (Phi) is 1.77. The minimum atomic E-state index is 0.0482. The van der Waals surface area contributed by atoms with Gasteiger partial charge in [-0.15, -0.1) is 0 Å². The van der Waals surface area contributed by atoms with Gasteiger partial charge in [-0.3, -0.25) is 0 Å². The zero-order chi connectivity index (χ0) is 8.39. The maximum Gasteiger partial charge on any atom is 0.235 e. The number of hydrogen-bond acceptors (Lipinski definition) is 2. The zero-order valence-corrected chi connectivity index (χ0v) is 6.58. The number of benzene rings is 1. The molecule has 1 aromatic rings. The van der Waals surface area contributed by atoms with Gasteiger partial charge in [0.1, 0.15) is 0 Å². The highest BCUT2D eigenvalue weighted by Crippen LogP contribution is 2.32. The van der Waals surface area contributed by atoms with Gasteiger partial charge in [-0.25, -0.2) is 4.79 Å². The summed E-state index contributed by atoms with van der Waals surface area (Å²) in [7, 11) is 0. The molecule has 2 heteroatoms. The number of nitrogens with zero attached hydrogens (tertiary/aromatic N) is 1. The predicted octanol–water partition coefficient (Wildman–Crippen LogP) is 1.81. The van der Waals surface area contributed by atoms with Crippen molar-refractivity contribution in [1.29, 1.82) is 0 Å². The summed E-state index contributed by atoms with van der Waals surface area (Å²) in [4.78, 5) is 13.8. The lowest BCUT2D eigenvalue weighted by molar-refractivity contribution is 0.557. The van der Waals surface area contributed by atoms with Crippen molar-refractivity contribution >= 4 is 6.08 Å². The summed E-state index contributed by atoms with van der Waals surface area (Å²) in [5.41, 5.74) is 2.43.